The van der Waals surface area contributed by atoms with Gasteiger partial charge in [0.05, 0.1) is 5.69 Å². The Hall–Kier alpha value is -2.30. The summed E-state index contributed by atoms with van der Waals surface area (Å²) in [5.74, 6) is 0. The molecule has 1 saturated carbocycles. The number of nitrogens with one attached hydrogen (secondary N) is 3. The van der Waals surface area contributed by atoms with Crippen LogP contribution in [0.1, 0.15) is 24.8 Å². The normalized spacial score (nSPS) is 14.6. The van der Waals surface area contributed by atoms with E-state index in [0.717, 1.165) is 29.7 Å². The van der Waals surface area contributed by atoms with E-state index in [1.807, 2.05) is 30.3 Å². The number of hydrogen-bond donors (Lipinski definition) is 3. The van der Waals surface area contributed by atoms with Gasteiger partial charge >= 0.3 is 6.03 Å². The maximum absolute atomic E-state index is 11.6. The second-order valence-electron chi connectivity index (χ2n) is 5.12. The Morgan fingerprint density at radius 1 is 1.25 bits per heavy atom. The molecular weight excluding hydrogens is 252 g/mol. The molecule has 1 aliphatic rings. The largest absolute Gasteiger partial charge is 0.335 e. The number of urea groups is 1. The predicted molar refractivity (Wildman–Crippen MR) is 77.0 cm³/mol. The summed E-state index contributed by atoms with van der Waals surface area (Å²) in [5, 5.41) is 12.7. The molecule has 3 N–H and O–H groups in total. The smallest absolute Gasteiger partial charge is 0.315 e. The van der Waals surface area contributed by atoms with Crippen LogP contribution in [-0.4, -0.2) is 22.3 Å². The molecule has 0 radical (unpaired) electrons. The van der Waals surface area contributed by atoms with E-state index in [-0.39, 0.29) is 6.03 Å². The SMILES string of the molecule is O=C(NCc1ccc(-c2ccn[nH]2)cc1)NC1CCC1. The fourth-order valence-corrected chi connectivity index (χ4v) is 2.19. The third-order valence-corrected chi connectivity index (χ3v) is 3.66. The highest BCUT2D eigenvalue weighted by Crippen LogP contribution is 2.18. The van der Waals surface area contributed by atoms with Gasteiger partial charge in [0.25, 0.3) is 0 Å². The molecule has 3 rings (SSSR count). The number of hydrogen-bond acceptors (Lipinski definition) is 2. The molecule has 20 heavy (non-hydrogen) atoms. The lowest BCUT2D eigenvalue weighted by molar-refractivity contribution is 0.228. The average molecular weight is 270 g/mol. The Labute approximate surface area is 117 Å². The first kappa shape index (κ1) is 12.7. The lowest BCUT2D eigenvalue weighted by atomic mass is 9.93. The summed E-state index contributed by atoms with van der Waals surface area (Å²) in [6.07, 6.45) is 5.16. The number of aromatic amines is 1. The summed E-state index contributed by atoms with van der Waals surface area (Å²) >= 11 is 0. The van der Waals surface area contributed by atoms with Gasteiger partial charge < -0.3 is 10.6 Å². The van der Waals surface area contributed by atoms with E-state index in [1.165, 1.54) is 6.42 Å². The Balaban J connectivity index is 1.51. The van der Waals surface area contributed by atoms with Crippen molar-refractivity contribution in [2.24, 2.45) is 0 Å². The van der Waals surface area contributed by atoms with Gasteiger partial charge in [-0.05, 0) is 36.5 Å². The molecule has 2 amide bonds. The molecule has 0 spiro atoms. The minimum Gasteiger partial charge on any atom is -0.335 e. The fourth-order valence-electron chi connectivity index (χ4n) is 2.19. The highest BCUT2D eigenvalue weighted by Gasteiger charge is 2.18. The molecular formula is C15H18N4O. The van der Waals surface area contributed by atoms with E-state index >= 15 is 0 Å². The van der Waals surface area contributed by atoms with Crippen LogP contribution in [0.2, 0.25) is 0 Å². The van der Waals surface area contributed by atoms with Crippen LogP contribution < -0.4 is 10.6 Å². The quantitative estimate of drug-likeness (QED) is 0.798. The van der Waals surface area contributed by atoms with Crippen LogP contribution in [0.25, 0.3) is 11.3 Å². The Morgan fingerprint density at radius 3 is 2.65 bits per heavy atom. The first-order valence-electron chi connectivity index (χ1n) is 6.94. The highest BCUT2D eigenvalue weighted by molar-refractivity contribution is 5.74. The summed E-state index contributed by atoms with van der Waals surface area (Å²) in [7, 11) is 0. The molecule has 0 atom stereocenters. The van der Waals surface area contributed by atoms with Crippen molar-refractivity contribution in [1.82, 2.24) is 20.8 Å². The van der Waals surface area contributed by atoms with Crippen molar-refractivity contribution in [2.75, 3.05) is 0 Å². The lowest BCUT2D eigenvalue weighted by Gasteiger charge is -2.26. The number of nitrogens with zero attached hydrogens (tertiary/aromatic N) is 1. The van der Waals surface area contributed by atoms with Crippen molar-refractivity contribution < 1.29 is 4.79 Å². The lowest BCUT2D eigenvalue weighted by Crippen LogP contribution is -2.44. The van der Waals surface area contributed by atoms with Crippen molar-refractivity contribution in [2.45, 2.75) is 31.8 Å². The monoisotopic (exact) mass is 270 g/mol. The van der Waals surface area contributed by atoms with Crippen molar-refractivity contribution in [1.29, 1.82) is 0 Å². The summed E-state index contributed by atoms with van der Waals surface area (Å²) in [6.45, 7) is 0.543. The zero-order valence-electron chi connectivity index (χ0n) is 11.2. The molecule has 1 heterocycles. The number of carbonyl (C=O) groups excluding carboxylic acids is 1. The summed E-state index contributed by atoms with van der Waals surface area (Å²) < 4.78 is 0. The van der Waals surface area contributed by atoms with E-state index in [2.05, 4.69) is 20.8 Å². The molecule has 5 heteroatoms. The second-order valence-corrected chi connectivity index (χ2v) is 5.12. The molecule has 1 aromatic carbocycles. The standard InChI is InChI=1S/C15H18N4O/c20-15(18-13-2-1-3-13)16-10-11-4-6-12(7-5-11)14-8-9-17-19-14/h4-9,13H,1-3,10H2,(H,17,19)(H2,16,18,20). The molecule has 1 aliphatic carbocycles. The maximum atomic E-state index is 11.6. The van der Waals surface area contributed by atoms with Gasteiger partial charge in [-0.25, -0.2) is 4.79 Å². The van der Waals surface area contributed by atoms with E-state index in [9.17, 15) is 4.79 Å². The van der Waals surface area contributed by atoms with Gasteiger partial charge in [0.2, 0.25) is 0 Å². The first-order valence-corrected chi connectivity index (χ1v) is 6.94. The maximum Gasteiger partial charge on any atom is 0.315 e. The number of rotatable bonds is 4. The zero-order valence-corrected chi connectivity index (χ0v) is 11.2. The van der Waals surface area contributed by atoms with Crippen molar-refractivity contribution in [3.63, 3.8) is 0 Å². The van der Waals surface area contributed by atoms with Gasteiger partial charge in [0, 0.05) is 18.8 Å². The molecule has 0 saturated heterocycles. The summed E-state index contributed by atoms with van der Waals surface area (Å²) in [6, 6.07) is 10.3. The number of carbonyl (C=O) groups is 1. The van der Waals surface area contributed by atoms with Crippen LogP contribution in [0, 0.1) is 0 Å². The van der Waals surface area contributed by atoms with Gasteiger partial charge in [0.15, 0.2) is 0 Å². The second kappa shape index (κ2) is 5.77. The van der Waals surface area contributed by atoms with Gasteiger partial charge in [-0.3, -0.25) is 5.10 Å². The molecule has 0 unspecified atom stereocenters. The van der Waals surface area contributed by atoms with Crippen molar-refractivity contribution in [3.8, 4) is 11.3 Å². The van der Waals surface area contributed by atoms with Gasteiger partial charge in [-0.15, -0.1) is 0 Å². The third kappa shape index (κ3) is 2.99. The Morgan fingerprint density at radius 2 is 2.05 bits per heavy atom. The van der Waals surface area contributed by atoms with Crippen LogP contribution in [0.3, 0.4) is 0 Å². The number of aromatic nitrogens is 2. The van der Waals surface area contributed by atoms with Gasteiger partial charge in [-0.2, -0.15) is 5.10 Å². The molecule has 104 valence electrons. The number of H-pyrrole nitrogens is 1. The number of amides is 2. The van der Waals surface area contributed by atoms with E-state index < -0.39 is 0 Å². The molecule has 2 aromatic rings. The van der Waals surface area contributed by atoms with Crippen molar-refractivity contribution >= 4 is 6.03 Å². The van der Waals surface area contributed by atoms with Crippen LogP contribution in [-0.2, 0) is 6.54 Å². The molecule has 0 bridgehead atoms. The van der Waals surface area contributed by atoms with E-state index in [0.29, 0.717) is 12.6 Å². The Bertz CT molecular complexity index is 558. The van der Waals surface area contributed by atoms with Gasteiger partial charge in [0.1, 0.15) is 0 Å². The summed E-state index contributed by atoms with van der Waals surface area (Å²) in [5.41, 5.74) is 3.16. The fraction of sp³-hybridized carbons (Fsp3) is 0.333. The van der Waals surface area contributed by atoms with Crippen LogP contribution in [0.4, 0.5) is 4.79 Å². The topological polar surface area (TPSA) is 69.8 Å². The molecule has 5 nitrogen and oxygen atoms in total. The summed E-state index contributed by atoms with van der Waals surface area (Å²) in [4.78, 5) is 11.6. The first-order chi connectivity index (χ1) is 9.81. The van der Waals surface area contributed by atoms with Crippen molar-refractivity contribution in [3.05, 3.63) is 42.1 Å². The minimum absolute atomic E-state index is 0.0765. The molecule has 1 aromatic heterocycles. The van der Waals surface area contributed by atoms with Crippen LogP contribution >= 0.6 is 0 Å². The van der Waals surface area contributed by atoms with Gasteiger partial charge in [-0.1, -0.05) is 24.3 Å². The van der Waals surface area contributed by atoms with Crippen LogP contribution in [0.15, 0.2) is 36.5 Å². The minimum atomic E-state index is -0.0765. The molecule has 1 fully saturated rings. The van der Waals surface area contributed by atoms with E-state index in [1.54, 1.807) is 6.20 Å². The highest BCUT2D eigenvalue weighted by atomic mass is 16.2. The Kier molecular flexibility index (Phi) is 3.67. The average Bonchev–Trinajstić information content (AvgIpc) is 2.95. The van der Waals surface area contributed by atoms with E-state index in [4.69, 9.17) is 0 Å². The zero-order chi connectivity index (χ0) is 13.8. The number of benzene rings is 1. The third-order valence-electron chi connectivity index (χ3n) is 3.66. The predicted octanol–water partition coefficient (Wildman–Crippen LogP) is 2.43. The molecule has 0 aliphatic heterocycles. The van der Waals surface area contributed by atoms with Crippen LogP contribution in [0.5, 0.6) is 0 Å².